The molecule has 0 radical (unpaired) electrons. The average Bonchev–Trinajstić information content (AvgIpc) is 3.20. The quantitative estimate of drug-likeness (QED) is 0.294. The summed E-state index contributed by atoms with van der Waals surface area (Å²) in [5.74, 6) is 1.44. The molecule has 1 heterocycles. The number of anilines is 1. The van der Waals surface area contributed by atoms with E-state index < -0.39 is 4.92 Å². The van der Waals surface area contributed by atoms with Gasteiger partial charge in [-0.1, -0.05) is 0 Å². The number of amides is 1. The van der Waals surface area contributed by atoms with Crippen molar-refractivity contribution in [3.8, 4) is 17.2 Å². The van der Waals surface area contributed by atoms with Crippen molar-refractivity contribution in [1.29, 1.82) is 0 Å². The summed E-state index contributed by atoms with van der Waals surface area (Å²) in [6.45, 7) is 0. The summed E-state index contributed by atoms with van der Waals surface area (Å²) in [7, 11) is 4.67. The first-order valence-corrected chi connectivity index (χ1v) is 10.2. The molecule has 0 N–H and O–H groups in total. The lowest BCUT2D eigenvalue weighted by molar-refractivity contribution is -0.384. The van der Waals surface area contributed by atoms with Crippen LogP contribution in [0, 0.1) is 10.1 Å². The summed E-state index contributed by atoms with van der Waals surface area (Å²) >= 11 is 0. The number of hydrazone groups is 1. The molecule has 9 nitrogen and oxygen atoms in total. The van der Waals surface area contributed by atoms with Crippen molar-refractivity contribution in [2.24, 2.45) is 5.10 Å². The minimum absolute atomic E-state index is 0.0755. The van der Waals surface area contributed by atoms with Crippen LogP contribution >= 0.6 is 0 Å². The second-order valence-corrected chi connectivity index (χ2v) is 7.23. The van der Waals surface area contributed by atoms with Crippen molar-refractivity contribution >= 4 is 29.1 Å². The first-order valence-electron chi connectivity index (χ1n) is 10.2. The Hall–Kier alpha value is -4.66. The first kappa shape index (κ1) is 22.5. The van der Waals surface area contributed by atoms with Gasteiger partial charge in [-0.25, -0.2) is 0 Å². The predicted molar refractivity (Wildman–Crippen MR) is 128 cm³/mol. The molecule has 34 heavy (non-hydrogen) atoms. The van der Waals surface area contributed by atoms with Crippen molar-refractivity contribution in [2.75, 3.05) is 26.3 Å². The Morgan fingerprint density at radius 2 is 1.53 bits per heavy atom. The molecule has 3 aromatic rings. The highest BCUT2D eigenvalue weighted by Gasteiger charge is 2.32. The Kier molecular flexibility index (Phi) is 6.26. The van der Waals surface area contributed by atoms with Crippen LogP contribution in [0.4, 0.5) is 11.4 Å². The van der Waals surface area contributed by atoms with E-state index in [0.717, 1.165) is 0 Å². The van der Waals surface area contributed by atoms with Gasteiger partial charge in [0.1, 0.15) is 23.0 Å². The summed E-state index contributed by atoms with van der Waals surface area (Å²) in [5, 5.41) is 16.8. The largest absolute Gasteiger partial charge is 0.497 e. The molecule has 1 amide bonds. The maximum atomic E-state index is 13.5. The van der Waals surface area contributed by atoms with Crippen LogP contribution < -0.4 is 19.2 Å². The molecule has 4 rings (SSSR count). The van der Waals surface area contributed by atoms with Gasteiger partial charge in [-0.05, 0) is 54.6 Å². The van der Waals surface area contributed by atoms with E-state index in [1.165, 1.54) is 36.4 Å². The van der Waals surface area contributed by atoms with Crippen molar-refractivity contribution in [3.05, 3.63) is 93.5 Å². The lowest BCUT2D eigenvalue weighted by Gasteiger charge is -2.11. The molecule has 3 aromatic carbocycles. The minimum Gasteiger partial charge on any atom is -0.497 e. The molecular formula is C25H21N3O6. The number of carbonyl (C=O) groups is 1. The molecule has 0 saturated heterocycles. The van der Waals surface area contributed by atoms with E-state index in [1.54, 1.807) is 50.6 Å². The van der Waals surface area contributed by atoms with Crippen LogP contribution in [0.3, 0.4) is 0 Å². The molecule has 0 spiro atoms. The van der Waals surface area contributed by atoms with Crippen molar-refractivity contribution < 1.29 is 23.9 Å². The van der Waals surface area contributed by atoms with Crippen LogP contribution in [0.25, 0.3) is 6.08 Å². The van der Waals surface area contributed by atoms with Gasteiger partial charge in [0, 0.05) is 29.3 Å². The van der Waals surface area contributed by atoms with E-state index in [4.69, 9.17) is 14.2 Å². The van der Waals surface area contributed by atoms with Gasteiger partial charge in [-0.2, -0.15) is 10.1 Å². The Bertz CT molecular complexity index is 1300. The van der Waals surface area contributed by atoms with Gasteiger partial charge in [0.2, 0.25) is 0 Å². The maximum Gasteiger partial charge on any atom is 0.281 e. The fourth-order valence-electron chi connectivity index (χ4n) is 3.49. The lowest BCUT2D eigenvalue weighted by Crippen LogP contribution is -2.21. The van der Waals surface area contributed by atoms with E-state index in [9.17, 15) is 14.9 Å². The Morgan fingerprint density at radius 3 is 2.12 bits per heavy atom. The standard InChI is InChI=1S/C25H21N3O6/c1-32-20-11-4-16(5-12-20)24-22(14-17-6-13-21(33-2)15-23(17)34-3)25(29)27(26-24)18-7-9-19(10-8-18)28(30)31/h4-15H,1-3H3. The molecule has 0 saturated carbocycles. The van der Waals surface area contributed by atoms with Crippen LogP contribution in [0.1, 0.15) is 11.1 Å². The van der Waals surface area contributed by atoms with Crippen LogP contribution in [-0.4, -0.2) is 37.9 Å². The van der Waals surface area contributed by atoms with Crippen LogP contribution in [0.5, 0.6) is 17.2 Å². The van der Waals surface area contributed by atoms with Crippen molar-refractivity contribution in [2.45, 2.75) is 0 Å². The molecule has 0 unspecified atom stereocenters. The molecule has 0 aromatic heterocycles. The molecule has 172 valence electrons. The number of hydrogen-bond donors (Lipinski definition) is 0. The zero-order valence-corrected chi connectivity index (χ0v) is 18.7. The topological polar surface area (TPSA) is 104 Å². The smallest absolute Gasteiger partial charge is 0.281 e. The zero-order chi connectivity index (χ0) is 24.2. The SMILES string of the molecule is COc1ccc(C2=NN(c3ccc([N+](=O)[O-])cc3)C(=O)C2=Cc2ccc(OC)cc2OC)cc1. The fourth-order valence-corrected chi connectivity index (χ4v) is 3.49. The summed E-state index contributed by atoms with van der Waals surface area (Å²) < 4.78 is 16.0. The molecule has 0 fully saturated rings. The minimum atomic E-state index is -0.497. The summed E-state index contributed by atoms with van der Waals surface area (Å²) in [6.07, 6.45) is 1.70. The molecule has 0 aliphatic carbocycles. The summed E-state index contributed by atoms with van der Waals surface area (Å²) in [4.78, 5) is 24.0. The molecule has 0 atom stereocenters. The monoisotopic (exact) mass is 459 g/mol. The van der Waals surface area contributed by atoms with Crippen molar-refractivity contribution in [1.82, 2.24) is 0 Å². The number of nitro groups is 1. The van der Waals surface area contributed by atoms with E-state index in [1.807, 2.05) is 12.1 Å². The van der Waals surface area contributed by atoms with Gasteiger partial charge in [0.05, 0.1) is 37.5 Å². The normalized spacial score (nSPS) is 14.2. The number of hydrogen-bond acceptors (Lipinski definition) is 7. The number of methoxy groups -OCH3 is 3. The number of nitrogens with zero attached hydrogens (tertiary/aromatic N) is 3. The van der Waals surface area contributed by atoms with Crippen molar-refractivity contribution in [3.63, 3.8) is 0 Å². The molecule has 1 aliphatic rings. The first-order chi connectivity index (χ1) is 16.4. The van der Waals surface area contributed by atoms with E-state index in [-0.39, 0.29) is 11.6 Å². The molecular weight excluding hydrogens is 438 g/mol. The number of rotatable bonds is 7. The number of nitro benzene ring substituents is 1. The highest BCUT2D eigenvalue weighted by molar-refractivity contribution is 6.37. The number of carbonyl (C=O) groups excluding carboxylic acids is 1. The molecule has 9 heteroatoms. The maximum absolute atomic E-state index is 13.5. The van der Waals surface area contributed by atoms with Gasteiger partial charge in [0.15, 0.2) is 0 Å². The predicted octanol–water partition coefficient (Wildman–Crippen LogP) is 4.46. The number of non-ortho nitro benzene ring substituents is 1. The third-order valence-electron chi connectivity index (χ3n) is 5.29. The average molecular weight is 459 g/mol. The fraction of sp³-hybridized carbons (Fsp3) is 0.120. The van der Waals surface area contributed by atoms with Gasteiger partial charge in [0.25, 0.3) is 11.6 Å². The summed E-state index contributed by atoms with van der Waals surface area (Å²) in [5.41, 5.74) is 2.49. The van der Waals surface area contributed by atoms with Gasteiger partial charge in [-0.15, -0.1) is 0 Å². The van der Waals surface area contributed by atoms with E-state index >= 15 is 0 Å². The Balaban J connectivity index is 1.82. The third kappa shape index (κ3) is 4.31. The number of benzene rings is 3. The third-order valence-corrected chi connectivity index (χ3v) is 5.29. The van der Waals surface area contributed by atoms with Crippen LogP contribution in [-0.2, 0) is 4.79 Å². The lowest BCUT2D eigenvalue weighted by atomic mass is 9.99. The molecule has 0 bridgehead atoms. The molecule has 1 aliphatic heterocycles. The van der Waals surface area contributed by atoms with Gasteiger partial charge < -0.3 is 14.2 Å². The highest BCUT2D eigenvalue weighted by Crippen LogP contribution is 2.32. The van der Waals surface area contributed by atoms with E-state index in [0.29, 0.717) is 45.3 Å². The second-order valence-electron chi connectivity index (χ2n) is 7.23. The zero-order valence-electron chi connectivity index (χ0n) is 18.7. The Labute approximate surface area is 195 Å². The van der Waals surface area contributed by atoms with Gasteiger partial charge in [-0.3, -0.25) is 14.9 Å². The Morgan fingerprint density at radius 1 is 0.882 bits per heavy atom. The summed E-state index contributed by atoms with van der Waals surface area (Å²) in [6, 6.07) is 18.1. The van der Waals surface area contributed by atoms with Crippen LogP contribution in [0.2, 0.25) is 0 Å². The highest BCUT2D eigenvalue weighted by atomic mass is 16.6. The number of ether oxygens (including phenoxy) is 3. The van der Waals surface area contributed by atoms with Crippen LogP contribution in [0.15, 0.2) is 77.4 Å². The van der Waals surface area contributed by atoms with Gasteiger partial charge >= 0.3 is 0 Å². The second kappa shape index (κ2) is 9.45. The van der Waals surface area contributed by atoms with E-state index in [2.05, 4.69) is 5.10 Å².